The van der Waals surface area contributed by atoms with Crippen molar-refractivity contribution >= 4 is 75.4 Å². The van der Waals surface area contributed by atoms with Crippen molar-refractivity contribution in [3.63, 3.8) is 0 Å². The second kappa shape index (κ2) is 14.7. The molecule has 296 valence electrons. The van der Waals surface area contributed by atoms with Gasteiger partial charge in [0.15, 0.2) is 0 Å². The summed E-state index contributed by atoms with van der Waals surface area (Å²) in [7, 11) is 0. The van der Waals surface area contributed by atoms with E-state index in [1.807, 2.05) is 0 Å². The van der Waals surface area contributed by atoms with Gasteiger partial charge in [0.1, 0.15) is 0 Å². The van der Waals surface area contributed by atoms with Crippen LogP contribution in [-0.4, -0.2) is 0 Å². The summed E-state index contributed by atoms with van der Waals surface area (Å²) in [5.74, 6) is 0. The molecule has 0 radical (unpaired) electrons. The molecule has 0 aliphatic rings. The summed E-state index contributed by atoms with van der Waals surface area (Å²) < 4.78 is 0. The molecule has 0 aliphatic carbocycles. The van der Waals surface area contributed by atoms with Crippen molar-refractivity contribution in [2.24, 2.45) is 0 Å². The molecule has 0 saturated carbocycles. The molecule has 0 bridgehead atoms. The summed E-state index contributed by atoms with van der Waals surface area (Å²) in [4.78, 5) is 0. The fourth-order valence-corrected chi connectivity index (χ4v) is 10.6. The van der Waals surface area contributed by atoms with Gasteiger partial charge < -0.3 is 0 Å². The summed E-state index contributed by atoms with van der Waals surface area (Å²) in [6.45, 7) is 0. The molecule has 0 heteroatoms. The lowest BCUT2D eigenvalue weighted by atomic mass is 9.85. The number of rotatable bonds is 5. The van der Waals surface area contributed by atoms with E-state index in [9.17, 15) is 0 Å². The zero-order valence-corrected chi connectivity index (χ0v) is 35.1. The van der Waals surface area contributed by atoms with Gasteiger partial charge in [-0.15, -0.1) is 0 Å². The average Bonchev–Trinajstić information content (AvgIpc) is 3.36. The molecule has 13 aromatic carbocycles. The topological polar surface area (TPSA) is 0 Å². The first-order valence-corrected chi connectivity index (χ1v) is 22.2. The van der Waals surface area contributed by atoms with Crippen LogP contribution in [0.4, 0.5) is 0 Å². The van der Waals surface area contributed by atoms with E-state index < -0.39 is 0 Å². The lowest BCUT2D eigenvalue weighted by Gasteiger charge is -2.18. The summed E-state index contributed by atoms with van der Waals surface area (Å²) in [6, 6.07) is 89.9. The molecular formula is C64H40. The second-order valence-electron chi connectivity index (χ2n) is 17.2. The third kappa shape index (κ3) is 5.84. The largest absolute Gasteiger partial charge is 0.0616 e. The van der Waals surface area contributed by atoms with E-state index in [1.54, 1.807) is 0 Å². The van der Waals surface area contributed by atoms with Gasteiger partial charge >= 0.3 is 0 Å². The number of fused-ring (bicyclic) bond motifs is 7. The number of benzene rings is 13. The average molecular weight is 809 g/mol. The highest BCUT2D eigenvalue weighted by Crippen LogP contribution is 2.46. The van der Waals surface area contributed by atoms with E-state index in [4.69, 9.17) is 0 Å². The maximum absolute atomic E-state index is 2.38. The molecule has 0 nitrogen and oxygen atoms in total. The van der Waals surface area contributed by atoms with Crippen molar-refractivity contribution in [2.45, 2.75) is 0 Å². The minimum atomic E-state index is 1.21. The predicted molar refractivity (Wildman–Crippen MR) is 276 cm³/mol. The third-order valence-corrected chi connectivity index (χ3v) is 13.6. The first kappa shape index (κ1) is 36.3. The molecule has 0 atom stereocenters. The van der Waals surface area contributed by atoms with Gasteiger partial charge in [0.05, 0.1) is 0 Å². The summed E-state index contributed by atoms with van der Waals surface area (Å²) in [6.07, 6.45) is 0. The maximum Gasteiger partial charge on any atom is -0.00262 e. The molecule has 0 N–H and O–H groups in total. The van der Waals surface area contributed by atoms with Gasteiger partial charge in [0, 0.05) is 0 Å². The van der Waals surface area contributed by atoms with Gasteiger partial charge in [0.25, 0.3) is 0 Å². The fourth-order valence-electron chi connectivity index (χ4n) is 10.6. The minimum absolute atomic E-state index is 1.21. The normalized spacial score (nSPS) is 11.8. The summed E-state index contributed by atoms with van der Waals surface area (Å²) in [5, 5.41) is 17.6. The first-order valence-electron chi connectivity index (χ1n) is 22.2. The zero-order chi connectivity index (χ0) is 42.1. The Labute approximate surface area is 371 Å². The van der Waals surface area contributed by atoms with Crippen molar-refractivity contribution in [1.29, 1.82) is 0 Å². The standard InChI is InChI=1S/C64H40/c1-3-15-45-38-50(34-27-41(45)13-1)62-55-19-7-5-17-53(55)61(54-18-6-8-20-56(54)62)44-29-25-43(26-30-44)47-31-32-49-40-52(36-33-48(49)37-47)64-59-23-11-9-21-57(59)63(58-22-10-12-24-60(58)64)51-35-28-42-14-2-4-16-46(42)39-51/h1-40H. The highest BCUT2D eigenvalue weighted by Gasteiger charge is 2.19. The van der Waals surface area contributed by atoms with Crippen LogP contribution in [0.5, 0.6) is 0 Å². The van der Waals surface area contributed by atoms with E-state index in [2.05, 4.69) is 243 Å². The molecule has 0 aromatic heterocycles. The van der Waals surface area contributed by atoms with Crippen LogP contribution >= 0.6 is 0 Å². The first-order chi connectivity index (χ1) is 31.7. The highest BCUT2D eigenvalue weighted by atomic mass is 14.2. The molecule has 0 heterocycles. The van der Waals surface area contributed by atoms with E-state index in [0.717, 1.165) is 0 Å². The smallest absolute Gasteiger partial charge is 0.00262 e. The van der Waals surface area contributed by atoms with Gasteiger partial charge in [-0.25, -0.2) is 0 Å². The van der Waals surface area contributed by atoms with Crippen LogP contribution < -0.4 is 0 Å². The molecule has 0 aliphatic heterocycles. The Balaban J connectivity index is 0.889. The van der Waals surface area contributed by atoms with Gasteiger partial charge in [-0.05, 0) is 155 Å². The Morgan fingerprint density at radius 2 is 0.359 bits per heavy atom. The van der Waals surface area contributed by atoms with E-state index >= 15 is 0 Å². The number of hydrogen-bond acceptors (Lipinski definition) is 0. The summed E-state index contributed by atoms with van der Waals surface area (Å²) >= 11 is 0. The Morgan fingerprint density at radius 3 is 0.719 bits per heavy atom. The van der Waals surface area contributed by atoms with Gasteiger partial charge in [-0.2, -0.15) is 0 Å². The van der Waals surface area contributed by atoms with Crippen molar-refractivity contribution in [1.82, 2.24) is 0 Å². The van der Waals surface area contributed by atoms with Crippen molar-refractivity contribution in [3.05, 3.63) is 243 Å². The van der Waals surface area contributed by atoms with E-state index in [0.29, 0.717) is 0 Å². The van der Waals surface area contributed by atoms with Crippen LogP contribution in [0.1, 0.15) is 0 Å². The lowest BCUT2D eigenvalue weighted by molar-refractivity contribution is 1.63. The van der Waals surface area contributed by atoms with Crippen LogP contribution in [0, 0.1) is 0 Å². The molecular weight excluding hydrogens is 769 g/mol. The minimum Gasteiger partial charge on any atom is -0.0616 e. The SMILES string of the molecule is c1ccc2cc(-c3c4ccccc4c(-c4ccc(-c5ccc6cc(-c7c8ccccc8c(-c8ccc9ccccc9c8)c8ccccc78)ccc6c5)cc4)c4ccccc34)ccc2c1. The van der Waals surface area contributed by atoms with Crippen LogP contribution in [0.3, 0.4) is 0 Å². The van der Waals surface area contributed by atoms with Gasteiger partial charge in [-0.1, -0.05) is 218 Å². The molecule has 0 saturated heterocycles. The molecule has 13 aromatic rings. The second-order valence-corrected chi connectivity index (χ2v) is 17.2. The lowest BCUT2D eigenvalue weighted by Crippen LogP contribution is -1.91. The van der Waals surface area contributed by atoms with Crippen LogP contribution in [0.2, 0.25) is 0 Å². The third-order valence-electron chi connectivity index (χ3n) is 13.6. The van der Waals surface area contributed by atoms with Crippen LogP contribution in [0.15, 0.2) is 243 Å². The fraction of sp³-hybridized carbons (Fsp3) is 0. The highest BCUT2D eigenvalue weighted by molar-refractivity contribution is 6.23. The van der Waals surface area contributed by atoms with E-state index in [-0.39, 0.29) is 0 Å². The van der Waals surface area contributed by atoms with Crippen molar-refractivity contribution in [2.75, 3.05) is 0 Å². The molecule has 0 fully saturated rings. The Morgan fingerprint density at radius 1 is 0.141 bits per heavy atom. The molecule has 0 unspecified atom stereocenters. The van der Waals surface area contributed by atoms with Crippen molar-refractivity contribution < 1.29 is 0 Å². The summed E-state index contributed by atoms with van der Waals surface area (Å²) in [5.41, 5.74) is 12.5. The Hall–Kier alpha value is -8.32. The Kier molecular flexibility index (Phi) is 8.32. The molecule has 64 heavy (non-hydrogen) atoms. The monoisotopic (exact) mass is 808 g/mol. The van der Waals surface area contributed by atoms with Crippen LogP contribution in [0.25, 0.3) is 131 Å². The Bertz CT molecular complexity index is 3890. The van der Waals surface area contributed by atoms with Crippen molar-refractivity contribution in [3.8, 4) is 55.6 Å². The zero-order valence-electron chi connectivity index (χ0n) is 35.1. The number of hydrogen-bond donors (Lipinski definition) is 0. The van der Waals surface area contributed by atoms with Crippen LogP contribution in [-0.2, 0) is 0 Å². The predicted octanol–water partition coefficient (Wildman–Crippen LogP) is 18.1. The van der Waals surface area contributed by atoms with E-state index in [1.165, 1.54) is 131 Å². The van der Waals surface area contributed by atoms with Gasteiger partial charge in [-0.3, -0.25) is 0 Å². The quantitative estimate of drug-likeness (QED) is 0.152. The molecule has 0 spiro atoms. The maximum atomic E-state index is 2.38. The molecule has 13 rings (SSSR count). The van der Waals surface area contributed by atoms with Gasteiger partial charge in [0.2, 0.25) is 0 Å². The molecule has 0 amide bonds.